The molecule has 0 saturated heterocycles. The first kappa shape index (κ1) is 16.1. The third-order valence-corrected chi connectivity index (χ3v) is 4.29. The van der Waals surface area contributed by atoms with Gasteiger partial charge in [0.25, 0.3) is 0 Å². The van der Waals surface area contributed by atoms with Gasteiger partial charge in [-0.1, -0.05) is 38.1 Å². The topological polar surface area (TPSA) is 12.0 Å². The van der Waals surface area contributed by atoms with E-state index in [1.807, 2.05) is 23.9 Å². The predicted molar refractivity (Wildman–Crippen MR) is 89.4 cm³/mol. The molecule has 0 heterocycles. The van der Waals surface area contributed by atoms with E-state index < -0.39 is 0 Å². The Morgan fingerprint density at radius 2 is 1.67 bits per heavy atom. The average Bonchev–Trinajstić information content (AvgIpc) is 2.50. The Morgan fingerprint density at radius 1 is 1.00 bits per heavy atom. The molecular formula is C18H22FNS. The first-order chi connectivity index (χ1) is 10.2. The Hall–Kier alpha value is -1.32. The minimum atomic E-state index is -0.181. The molecule has 0 fully saturated rings. The number of likely N-dealkylation sites (N-methyl/N-ethyl adjacent to an activating group) is 1. The number of nitrogens with one attached hydrogen (secondary N) is 1. The number of hydrogen-bond donors (Lipinski definition) is 1. The molecule has 0 spiro atoms. The van der Waals surface area contributed by atoms with Gasteiger partial charge in [0.05, 0.1) is 0 Å². The molecule has 0 aliphatic carbocycles. The van der Waals surface area contributed by atoms with Crippen LogP contribution < -0.4 is 5.32 Å². The van der Waals surface area contributed by atoms with Crippen molar-refractivity contribution >= 4 is 11.8 Å². The Balaban J connectivity index is 2.12. The van der Waals surface area contributed by atoms with Gasteiger partial charge in [-0.2, -0.15) is 0 Å². The lowest BCUT2D eigenvalue weighted by atomic mass is 9.99. The van der Waals surface area contributed by atoms with Gasteiger partial charge in [0.2, 0.25) is 0 Å². The van der Waals surface area contributed by atoms with Crippen LogP contribution in [-0.2, 0) is 6.42 Å². The number of hydrogen-bond acceptors (Lipinski definition) is 2. The summed E-state index contributed by atoms with van der Waals surface area (Å²) in [5.74, 6) is 0.908. The van der Waals surface area contributed by atoms with Crippen LogP contribution in [0.2, 0.25) is 0 Å². The zero-order chi connectivity index (χ0) is 15.1. The summed E-state index contributed by atoms with van der Waals surface area (Å²) in [6, 6.07) is 15.8. The molecule has 0 amide bonds. The molecule has 0 aromatic heterocycles. The molecule has 0 aliphatic rings. The van der Waals surface area contributed by atoms with Crippen molar-refractivity contribution in [1.29, 1.82) is 0 Å². The monoisotopic (exact) mass is 303 g/mol. The molecule has 1 nitrogen and oxygen atoms in total. The van der Waals surface area contributed by atoms with E-state index in [0.29, 0.717) is 0 Å². The van der Waals surface area contributed by atoms with Crippen molar-refractivity contribution in [2.24, 2.45) is 0 Å². The van der Waals surface area contributed by atoms with Gasteiger partial charge in [0.15, 0.2) is 0 Å². The zero-order valence-corrected chi connectivity index (χ0v) is 13.4. The highest BCUT2D eigenvalue weighted by molar-refractivity contribution is 7.99. The maximum absolute atomic E-state index is 13.0. The van der Waals surface area contributed by atoms with Gasteiger partial charge in [-0.15, -0.1) is 11.8 Å². The van der Waals surface area contributed by atoms with E-state index in [0.717, 1.165) is 24.3 Å². The fourth-order valence-corrected chi connectivity index (χ4v) is 3.04. The van der Waals surface area contributed by atoms with Crippen molar-refractivity contribution in [3.63, 3.8) is 0 Å². The normalized spacial score (nSPS) is 12.3. The average molecular weight is 303 g/mol. The van der Waals surface area contributed by atoms with E-state index in [-0.39, 0.29) is 11.9 Å². The number of thioether (sulfide) groups is 1. The standard InChI is InChI=1S/C18H22FNS/c1-3-20-18(13-14-5-9-16(19)10-6-14)15-7-11-17(12-8-15)21-4-2/h5-12,18,20H,3-4,13H2,1-2H3. The molecule has 1 N–H and O–H groups in total. The molecule has 0 saturated carbocycles. The van der Waals surface area contributed by atoms with Crippen LogP contribution in [0.1, 0.15) is 31.0 Å². The first-order valence-corrected chi connectivity index (χ1v) is 8.42. The van der Waals surface area contributed by atoms with Gasteiger partial charge in [-0.05, 0) is 54.1 Å². The second-order valence-corrected chi connectivity index (χ2v) is 6.28. The van der Waals surface area contributed by atoms with Gasteiger partial charge in [-0.25, -0.2) is 4.39 Å². The molecule has 1 unspecified atom stereocenters. The van der Waals surface area contributed by atoms with Gasteiger partial charge in [0, 0.05) is 10.9 Å². The van der Waals surface area contributed by atoms with E-state index in [1.54, 1.807) is 0 Å². The largest absolute Gasteiger partial charge is 0.310 e. The van der Waals surface area contributed by atoms with Gasteiger partial charge >= 0.3 is 0 Å². The van der Waals surface area contributed by atoms with Crippen molar-refractivity contribution < 1.29 is 4.39 Å². The molecule has 0 radical (unpaired) electrons. The summed E-state index contributed by atoms with van der Waals surface area (Å²) < 4.78 is 13.0. The van der Waals surface area contributed by atoms with Gasteiger partial charge in [-0.3, -0.25) is 0 Å². The van der Waals surface area contributed by atoms with E-state index in [1.165, 1.54) is 22.6 Å². The Kier molecular flexibility index (Phi) is 6.27. The minimum Gasteiger partial charge on any atom is -0.310 e. The van der Waals surface area contributed by atoms with Crippen LogP contribution >= 0.6 is 11.8 Å². The van der Waals surface area contributed by atoms with Crippen molar-refractivity contribution in [2.75, 3.05) is 12.3 Å². The van der Waals surface area contributed by atoms with Crippen molar-refractivity contribution in [3.05, 3.63) is 65.5 Å². The van der Waals surface area contributed by atoms with Crippen LogP contribution in [0.4, 0.5) is 4.39 Å². The quantitative estimate of drug-likeness (QED) is 0.735. The smallest absolute Gasteiger partial charge is 0.123 e. The Labute approximate surface area is 131 Å². The van der Waals surface area contributed by atoms with E-state index in [2.05, 4.69) is 43.4 Å². The van der Waals surface area contributed by atoms with Crippen LogP contribution in [0.5, 0.6) is 0 Å². The maximum atomic E-state index is 13.0. The van der Waals surface area contributed by atoms with E-state index in [9.17, 15) is 4.39 Å². The summed E-state index contributed by atoms with van der Waals surface area (Å²) in [4.78, 5) is 1.30. The van der Waals surface area contributed by atoms with Crippen molar-refractivity contribution in [2.45, 2.75) is 31.2 Å². The van der Waals surface area contributed by atoms with E-state index >= 15 is 0 Å². The second-order valence-electron chi connectivity index (χ2n) is 4.94. The summed E-state index contributed by atoms with van der Waals surface area (Å²) in [7, 11) is 0. The third kappa shape index (κ3) is 4.87. The SMILES string of the molecule is CCNC(Cc1ccc(F)cc1)c1ccc(SCC)cc1. The molecule has 2 rings (SSSR count). The molecule has 112 valence electrons. The van der Waals surface area contributed by atoms with Crippen molar-refractivity contribution in [1.82, 2.24) is 5.32 Å². The van der Waals surface area contributed by atoms with E-state index in [4.69, 9.17) is 0 Å². The van der Waals surface area contributed by atoms with Gasteiger partial charge < -0.3 is 5.32 Å². The molecule has 2 aromatic carbocycles. The maximum Gasteiger partial charge on any atom is 0.123 e. The summed E-state index contributed by atoms with van der Waals surface area (Å²) in [6.07, 6.45) is 0.869. The highest BCUT2D eigenvalue weighted by Gasteiger charge is 2.11. The molecule has 0 aliphatic heterocycles. The third-order valence-electron chi connectivity index (χ3n) is 3.40. The summed E-state index contributed by atoms with van der Waals surface area (Å²) in [5, 5.41) is 3.51. The fraction of sp³-hybridized carbons (Fsp3) is 0.333. The molecule has 0 bridgehead atoms. The van der Waals surface area contributed by atoms with Crippen molar-refractivity contribution in [3.8, 4) is 0 Å². The zero-order valence-electron chi connectivity index (χ0n) is 12.6. The summed E-state index contributed by atoms with van der Waals surface area (Å²) in [6.45, 7) is 5.19. The fourth-order valence-electron chi connectivity index (χ4n) is 2.37. The highest BCUT2D eigenvalue weighted by atomic mass is 32.2. The Morgan fingerprint density at radius 3 is 2.24 bits per heavy atom. The minimum absolute atomic E-state index is 0.181. The molecule has 2 aromatic rings. The lowest BCUT2D eigenvalue weighted by Gasteiger charge is -2.19. The second kappa shape index (κ2) is 8.20. The van der Waals surface area contributed by atoms with Crippen LogP contribution in [0.25, 0.3) is 0 Å². The molecular weight excluding hydrogens is 281 g/mol. The molecule has 3 heteroatoms. The van der Waals surface area contributed by atoms with Crippen LogP contribution in [0.15, 0.2) is 53.4 Å². The van der Waals surface area contributed by atoms with Crippen LogP contribution in [0.3, 0.4) is 0 Å². The first-order valence-electron chi connectivity index (χ1n) is 7.43. The predicted octanol–water partition coefficient (Wildman–Crippen LogP) is 4.83. The number of halogens is 1. The van der Waals surface area contributed by atoms with Crippen LogP contribution in [-0.4, -0.2) is 12.3 Å². The summed E-state index contributed by atoms with van der Waals surface area (Å²) in [5.41, 5.74) is 2.43. The number of benzene rings is 2. The van der Waals surface area contributed by atoms with Crippen LogP contribution in [0, 0.1) is 5.82 Å². The lowest BCUT2D eigenvalue weighted by Crippen LogP contribution is -2.22. The van der Waals surface area contributed by atoms with Gasteiger partial charge in [0.1, 0.15) is 5.82 Å². The Bertz CT molecular complexity index is 536. The lowest BCUT2D eigenvalue weighted by molar-refractivity contribution is 0.548. The number of rotatable bonds is 7. The summed E-state index contributed by atoms with van der Waals surface area (Å²) >= 11 is 1.85. The highest BCUT2D eigenvalue weighted by Crippen LogP contribution is 2.23. The molecule has 21 heavy (non-hydrogen) atoms. The molecule has 1 atom stereocenters.